The van der Waals surface area contributed by atoms with Crippen LogP contribution >= 0.6 is 0 Å². The Kier molecular flexibility index (Phi) is 7.55. The van der Waals surface area contributed by atoms with Gasteiger partial charge in [0.25, 0.3) is 0 Å². The van der Waals surface area contributed by atoms with Gasteiger partial charge in [0.15, 0.2) is 8.32 Å². The van der Waals surface area contributed by atoms with E-state index in [1.807, 2.05) is 6.08 Å². The van der Waals surface area contributed by atoms with Crippen LogP contribution in [0.4, 0.5) is 0 Å². The number of esters is 1. The number of methoxy groups -OCH3 is 1. The monoisotopic (exact) mass is 288 g/mol. The summed E-state index contributed by atoms with van der Waals surface area (Å²) in [4.78, 5) is 11.4. The molecule has 0 bridgehead atoms. The second-order valence-electron chi connectivity index (χ2n) is 6.17. The van der Waals surface area contributed by atoms with Crippen molar-refractivity contribution >= 4 is 14.3 Å². The zero-order valence-electron chi connectivity index (χ0n) is 13.0. The molecule has 0 amide bonds. The van der Waals surface area contributed by atoms with Crippen molar-refractivity contribution in [3.05, 3.63) is 12.2 Å². The lowest BCUT2D eigenvalue weighted by atomic mass is 10.2. The first-order valence-corrected chi connectivity index (χ1v) is 9.55. The summed E-state index contributed by atoms with van der Waals surface area (Å²) in [6, 6.07) is 0. The van der Waals surface area contributed by atoms with E-state index in [0.29, 0.717) is 6.42 Å². The smallest absolute Gasteiger partial charge is 0.308 e. The molecule has 0 spiro atoms. The molecular formula is C14H28O4Si. The van der Waals surface area contributed by atoms with Crippen LogP contribution in [0.15, 0.2) is 12.2 Å². The Labute approximate surface area is 117 Å². The summed E-state index contributed by atoms with van der Waals surface area (Å²) in [6.45, 7) is 10.8. The summed E-state index contributed by atoms with van der Waals surface area (Å²) in [5.41, 5.74) is 0. The van der Waals surface area contributed by atoms with Crippen molar-refractivity contribution in [2.45, 2.75) is 57.8 Å². The van der Waals surface area contributed by atoms with Gasteiger partial charge in [0.2, 0.25) is 0 Å². The standard InChI is InChI=1S/C14H28O4Si/c1-14(2,3)19(5,6)18-12(9-7-8-10-15)11-13(16)17-4/h7-8,12,15H,9-11H2,1-6H3/b8-7+/t12-/m1/s1. The second-order valence-corrected chi connectivity index (χ2v) is 10.9. The Bertz CT molecular complexity index is 305. The van der Waals surface area contributed by atoms with E-state index in [0.717, 1.165) is 0 Å². The van der Waals surface area contributed by atoms with Crippen molar-refractivity contribution in [2.24, 2.45) is 0 Å². The summed E-state index contributed by atoms with van der Waals surface area (Å²) in [6.07, 6.45) is 4.19. The third-order valence-electron chi connectivity index (χ3n) is 3.56. The molecule has 0 aromatic heterocycles. The van der Waals surface area contributed by atoms with Gasteiger partial charge in [-0.15, -0.1) is 0 Å². The van der Waals surface area contributed by atoms with Crippen LogP contribution in [0.3, 0.4) is 0 Å². The van der Waals surface area contributed by atoms with E-state index in [4.69, 9.17) is 14.3 Å². The molecule has 0 fully saturated rings. The van der Waals surface area contributed by atoms with Crippen LogP contribution in [-0.4, -0.2) is 39.2 Å². The number of hydrogen-bond acceptors (Lipinski definition) is 4. The maximum absolute atomic E-state index is 11.4. The van der Waals surface area contributed by atoms with Gasteiger partial charge in [-0.1, -0.05) is 32.9 Å². The predicted molar refractivity (Wildman–Crippen MR) is 79.5 cm³/mol. The van der Waals surface area contributed by atoms with Crippen LogP contribution in [-0.2, 0) is 14.0 Å². The zero-order chi connectivity index (χ0) is 15.1. The summed E-state index contributed by atoms with van der Waals surface area (Å²) in [5, 5.41) is 8.86. The first-order chi connectivity index (χ1) is 8.64. The highest BCUT2D eigenvalue weighted by molar-refractivity contribution is 6.74. The van der Waals surface area contributed by atoms with Crippen LogP contribution in [0.1, 0.15) is 33.6 Å². The number of hydrogen-bond donors (Lipinski definition) is 1. The van der Waals surface area contributed by atoms with Crippen molar-refractivity contribution in [3.8, 4) is 0 Å². The molecular weight excluding hydrogens is 260 g/mol. The minimum absolute atomic E-state index is 0.00500. The lowest BCUT2D eigenvalue weighted by molar-refractivity contribution is -0.142. The number of aliphatic hydroxyl groups excluding tert-OH is 1. The molecule has 19 heavy (non-hydrogen) atoms. The fourth-order valence-electron chi connectivity index (χ4n) is 1.36. The van der Waals surface area contributed by atoms with Crippen LogP contribution in [0, 0.1) is 0 Å². The van der Waals surface area contributed by atoms with Gasteiger partial charge in [-0.2, -0.15) is 0 Å². The van der Waals surface area contributed by atoms with E-state index in [1.165, 1.54) is 7.11 Å². The van der Waals surface area contributed by atoms with E-state index in [2.05, 4.69) is 33.9 Å². The van der Waals surface area contributed by atoms with Crippen molar-refractivity contribution < 1.29 is 19.1 Å². The van der Waals surface area contributed by atoms with Gasteiger partial charge in [0, 0.05) is 0 Å². The Balaban J connectivity index is 4.74. The third-order valence-corrected chi connectivity index (χ3v) is 8.10. The summed E-state index contributed by atoms with van der Waals surface area (Å²) >= 11 is 0. The number of aliphatic hydroxyl groups is 1. The van der Waals surface area contributed by atoms with Crippen molar-refractivity contribution in [1.29, 1.82) is 0 Å². The highest BCUT2D eigenvalue weighted by Gasteiger charge is 2.39. The Morgan fingerprint density at radius 3 is 2.32 bits per heavy atom. The molecule has 0 aliphatic carbocycles. The second kappa shape index (κ2) is 7.82. The van der Waals surface area contributed by atoms with Crippen LogP contribution in [0.25, 0.3) is 0 Å². The van der Waals surface area contributed by atoms with Gasteiger partial charge in [0.05, 0.1) is 26.2 Å². The average Bonchev–Trinajstić information content (AvgIpc) is 2.27. The molecule has 0 aliphatic heterocycles. The minimum Gasteiger partial charge on any atom is -0.469 e. The van der Waals surface area contributed by atoms with Gasteiger partial charge in [0.1, 0.15) is 0 Å². The molecule has 5 heteroatoms. The van der Waals surface area contributed by atoms with Crippen LogP contribution in [0.2, 0.25) is 18.1 Å². The number of carbonyl (C=O) groups is 1. The van der Waals surface area contributed by atoms with E-state index >= 15 is 0 Å². The van der Waals surface area contributed by atoms with E-state index in [9.17, 15) is 4.79 Å². The van der Waals surface area contributed by atoms with Crippen LogP contribution in [0.5, 0.6) is 0 Å². The lowest BCUT2D eigenvalue weighted by Crippen LogP contribution is -2.44. The van der Waals surface area contributed by atoms with Gasteiger partial charge in [-0.05, 0) is 24.6 Å². The van der Waals surface area contributed by atoms with Gasteiger partial charge in [-0.3, -0.25) is 4.79 Å². The Hall–Kier alpha value is -0.653. The van der Waals surface area contributed by atoms with Crippen LogP contribution < -0.4 is 0 Å². The number of carbonyl (C=O) groups excluding carboxylic acids is 1. The van der Waals surface area contributed by atoms with E-state index in [-0.39, 0.29) is 30.1 Å². The predicted octanol–water partition coefficient (Wildman–Crippen LogP) is 2.88. The van der Waals surface area contributed by atoms with Crippen molar-refractivity contribution in [1.82, 2.24) is 0 Å². The number of ether oxygens (including phenoxy) is 1. The van der Waals surface area contributed by atoms with Gasteiger partial charge < -0.3 is 14.3 Å². The van der Waals surface area contributed by atoms with Crippen molar-refractivity contribution in [2.75, 3.05) is 13.7 Å². The fourth-order valence-corrected chi connectivity index (χ4v) is 2.72. The molecule has 0 saturated carbocycles. The van der Waals surface area contributed by atoms with E-state index < -0.39 is 8.32 Å². The molecule has 0 heterocycles. The highest BCUT2D eigenvalue weighted by atomic mass is 28.4. The molecule has 0 rings (SSSR count). The largest absolute Gasteiger partial charge is 0.469 e. The Morgan fingerprint density at radius 2 is 1.89 bits per heavy atom. The quantitative estimate of drug-likeness (QED) is 0.444. The van der Waals surface area contributed by atoms with Crippen molar-refractivity contribution in [3.63, 3.8) is 0 Å². The maximum atomic E-state index is 11.4. The topological polar surface area (TPSA) is 55.8 Å². The zero-order valence-corrected chi connectivity index (χ0v) is 14.0. The summed E-state index contributed by atoms with van der Waals surface area (Å²) < 4.78 is 10.9. The van der Waals surface area contributed by atoms with Gasteiger partial charge in [-0.25, -0.2) is 0 Å². The van der Waals surface area contributed by atoms with Gasteiger partial charge >= 0.3 is 5.97 Å². The normalized spacial score (nSPS) is 14.7. The maximum Gasteiger partial charge on any atom is 0.308 e. The molecule has 0 saturated heterocycles. The minimum atomic E-state index is -1.91. The molecule has 1 atom stereocenters. The molecule has 0 aliphatic rings. The highest BCUT2D eigenvalue weighted by Crippen LogP contribution is 2.38. The van der Waals surface area contributed by atoms with E-state index in [1.54, 1.807) is 6.08 Å². The first-order valence-electron chi connectivity index (χ1n) is 6.64. The molecule has 0 aromatic carbocycles. The summed E-state index contributed by atoms with van der Waals surface area (Å²) in [5.74, 6) is -0.263. The molecule has 4 nitrogen and oxygen atoms in total. The molecule has 1 N–H and O–H groups in total. The molecule has 112 valence electrons. The molecule has 0 aromatic rings. The lowest BCUT2D eigenvalue weighted by Gasteiger charge is -2.39. The third kappa shape index (κ3) is 6.89. The Morgan fingerprint density at radius 1 is 1.32 bits per heavy atom. The summed E-state index contributed by atoms with van der Waals surface area (Å²) in [7, 11) is -0.528. The first kappa shape index (κ1) is 18.3. The molecule has 0 unspecified atom stereocenters. The SMILES string of the molecule is COC(=O)C[C@@H](C/C=C/CO)O[Si](C)(C)C(C)(C)C. The molecule has 0 radical (unpaired) electrons. The number of rotatable bonds is 7. The average molecular weight is 288 g/mol. The fraction of sp³-hybridized carbons (Fsp3) is 0.786.